The van der Waals surface area contributed by atoms with Crippen LogP contribution < -0.4 is 10.8 Å². The van der Waals surface area contributed by atoms with Gasteiger partial charge < -0.3 is 29.6 Å². The number of anilines is 1. The number of aliphatic hydroxyl groups excluding tert-OH is 1. The fraction of sp³-hybridized carbons (Fsp3) is 0.731. The van der Waals surface area contributed by atoms with Crippen LogP contribution >= 0.6 is 7.95 Å². The van der Waals surface area contributed by atoms with Crippen LogP contribution in [0.5, 0.6) is 0 Å². The first-order valence-electron chi connectivity index (χ1n) is 13.8. The minimum Gasteiger partial charge on any atom is -0.461 e. The van der Waals surface area contributed by atoms with Crippen molar-refractivity contribution < 1.29 is 33.5 Å². The summed E-state index contributed by atoms with van der Waals surface area (Å²) in [6, 6.07) is 0. The molecule has 2 aliphatic rings. The van der Waals surface area contributed by atoms with Gasteiger partial charge in [0.2, 0.25) is 0 Å². The molecule has 0 saturated heterocycles. The summed E-state index contributed by atoms with van der Waals surface area (Å²) in [4.78, 5) is 35.5. The Morgan fingerprint density at radius 2 is 1.70 bits per heavy atom. The molecule has 0 spiro atoms. The molecule has 2 fully saturated rings. The van der Waals surface area contributed by atoms with E-state index in [0.717, 1.165) is 51.4 Å². The van der Waals surface area contributed by atoms with Gasteiger partial charge in [-0.2, -0.15) is 0 Å². The average molecular weight is 582 g/mol. The van der Waals surface area contributed by atoms with E-state index in [4.69, 9.17) is 25.1 Å². The van der Waals surface area contributed by atoms with Gasteiger partial charge in [0.1, 0.15) is 30.2 Å². The standard InChI is InChI=1S/C18H28N6O4P.C8H14O3/c1-12(8-24-10-22-14-15(19)20-9-21-16(14)24)27-11-29(26)23-18(2,3)17(25)28-13-6-4-5-7-13;1-6(9)8(10)11-7-4-2-3-5-7/h9-10,12-13H,4-8,11H2,1-3H3,(H,23,26)(H2,19,20,21);6-7,9H,2-5H2,1H3/q+1;. The van der Waals surface area contributed by atoms with E-state index < -0.39 is 25.6 Å². The maximum absolute atomic E-state index is 12.4. The third-order valence-electron chi connectivity index (χ3n) is 6.78. The van der Waals surface area contributed by atoms with Gasteiger partial charge in [-0.05, 0) is 83.6 Å². The van der Waals surface area contributed by atoms with Crippen molar-refractivity contribution in [2.75, 3.05) is 12.1 Å². The number of hydrogen-bond donors (Lipinski definition) is 3. The van der Waals surface area contributed by atoms with Gasteiger partial charge in [-0.25, -0.2) is 24.5 Å². The summed E-state index contributed by atoms with van der Waals surface area (Å²) < 4.78 is 30.4. The number of fused-ring (bicyclic) bond motifs is 1. The van der Waals surface area contributed by atoms with Crippen molar-refractivity contribution in [3.8, 4) is 0 Å². The first-order chi connectivity index (χ1) is 19.0. The molecule has 2 aromatic rings. The van der Waals surface area contributed by atoms with Crippen LogP contribution in [0.1, 0.15) is 79.1 Å². The number of aliphatic hydroxyl groups is 1. The summed E-state index contributed by atoms with van der Waals surface area (Å²) in [5.41, 5.74) is 5.90. The average Bonchev–Trinajstić information content (AvgIpc) is 3.67. The summed E-state index contributed by atoms with van der Waals surface area (Å²) in [5, 5.41) is 11.6. The molecular weight excluding hydrogens is 539 g/mol. The van der Waals surface area contributed by atoms with Gasteiger partial charge in [0.05, 0.1) is 19.0 Å². The minimum absolute atomic E-state index is 0.0272. The summed E-state index contributed by atoms with van der Waals surface area (Å²) in [7, 11) is -1.95. The van der Waals surface area contributed by atoms with Gasteiger partial charge in [-0.15, -0.1) is 0 Å². The fourth-order valence-corrected chi connectivity index (χ4v) is 5.69. The van der Waals surface area contributed by atoms with Gasteiger partial charge >= 0.3 is 19.9 Å². The molecule has 0 radical (unpaired) electrons. The molecule has 2 aliphatic carbocycles. The quantitative estimate of drug-likeness (QED) is 0.261. The maximum atomic E-state index is 12.4. The predicted molar refractivity (Wildman–Crippen MR) is 148 cm³/mol. The van der Waals surface area contributed by atoms with Crippen LogP contribution in [0.2, 0.25) is 0 Å². The first kappa shape index (κ1) is 31.8. The number of aromatic nitrogens is 4. The van der Waals surface area contributed by atoms with Gasteiger partial charge in [0.15, 0.2) is 17.0 Å². The van der Waals surface area contributed by atoms with Crippen LogP contribution in [0.15, 0.2) is 12.7 Å². The zero-order chi connectivity index (χ0) is 29.3. The molecule has 0 aromatic carbocycles. The number of esters is 2. The lowest BCUT2D eigenvalue weighted by molar-refractivity contribution is -0.157. The second-order valence-corrected chi connectivity index (χ2v) is 12.1. The van der Waals surface area contributed by atoms with Crippen molar-refractivity contribution in [1.82, 2.24) is 24.6 Å². The van der Waals surface area contributed by atoms with Crippen molar-refractivity contribution in [2.45, 2.75) is 116 Å². The Hall–Kier alpha value is -2.73. The molecule has 14 heteroatoms. The van der Waals surface area contributed by atoms with E-state index in [1.807, 2.05) is 6.92 Å². The van der Waals surface area contributed by atoms with Gasteiger partial charge in [0, 0.05) is 0 Å². The molecule has 4 rings (SSSR count). The summed E-state index contributed by atoms with van der Waals surface area (Å²) in [5.74, 6) is -0.554. The lowest BCUT2D eigenvalue weighted by Crippen LogP contribution is -2.45. The fourth-order valence-electron chi connectivity index (χ4n) is 4.52. The Morgan fingerprint density at radius 1 is 1.10 bits per heavy atom. The lowest BCUT2D eigenvalue weighted by Gasteiger charge is -2.21. The number of nitrogens with zero attached hydrogens (tertiary/aromatic N) is 4. The third kappa shape index (κ3) is 9.43. The highest BCUT2D eigenvalue weighted by molar-refractivity contribution is 7.42. The van der Waals surface area contributed by atoms with E-state index in [9.17, 15) is 14.2 Å². The number of imidazole rings is 1. The number of ether oxygens (including phenoxy) is 3. The second-order valence-electron chi connectivity index (χ2n) is 10.9. The van der Waals surface area contributed by atoms with Crippen molar-refractivity contribution in [3.05, 3.63) is 12.7 Å². The van der Waals surface area contributed by atoms with E-state index >= 15 is 0 Å². The number of carbonyl (C=O) groups excluding carboxylic acids is 2. The molecule has 4 N–H and O–H groups in total. The number of hydrogen-bond acceptors (Lipinski definition) is 11. The Bertz CT molecular complexity index is 1150. The molecule has 2 saturated carbocycles. The van der Waals surface area contributed by atoms with Gasteiger partial charge in [-0.3, -0.25) is 0 Å². The topological polar surface area (TPSA) is 181 Å². The van der Waals surface area contributed by atoms with Crippen LogP contribution in [0.4, 0.5) is 5.82 Å². The molecule has 2 aromatic heterocycles. The predicted octanol–water partition coefficient (Wildman–Crippen LogP) is 3.22. The number of nitrogen functional groups attached to an aromatic ring is 1. The SMILES string of the molecule is CC(Cn1cnc2c(N)ncnc21)OC[P+](=O)NC(C)(C)C(=O)OC1CCCC1.CC(O)C(=O)OC1CCCC1. The Morgan fingerprint density at radius 3 is 2.30 bits per heavy atom. The zero-order valence-corrected chi connectivity index (χ0v) is 24.6. The molecule has 3 unspecified atom stereocenters. The van der Waals surface area contributed by atoms with Crippen molar-refractivity contribution in [1.29, 1.82) is 0 Å². The number of nitrogens with two attached hydrogens (primary N) is 1. The lowest BCUT2D eigenvalue weighted by atomic mass is 10.1. The monoisotopic (exact) mass is 581 g/mol. The van der Waals surface area contributed by atoms with Crippen molar-refractivity contribution >= 4 is 36.9 Å². The van der Waals surface area contributed by atoms with E-state index in [2.05, 4.69) is 20.0 Å². The molecule has 3 atom stereocenters. The molecule has 13 nitrogen and oxygen atoms in total. The molecule has 0 bridgehead atoms. The highest BCUT2D eigenvalue weighted by Crippen LogP contribution is 2.26. The van der Waals surface area contributed by atoms with Crippen LogP contribution in [-0.2, 0) is 34.9 Å². The molecular formula is C26H42N6O7P+. The van der Waals surface area contributed by atoms with Gasteiger partial charge in [-0.1, -0.05) is 5.09 Å². The molecule has 40 heavy (non-hydrogen) atoms. The summed E-state index contributed by atoms with van der Waals surface area (Å²) in [6.07, 6.45) is 9.93. The zero-order valence-electron chi connectivity index (χ0n) is 23.7. The highest BCUT2D eigenvalue weighted by Gasteiger charge is 2.39. The number of nitrogens with one attached hydrogen (secondary N) is 1. The largest absolute Gasteiger partial charge is 0.461 e. The van der Waals surface area contributed by atoms with Crippen LogP contribution in [0.25, 0.3) is 11.2 Å². The smallest absolute Gasteiger partial charge is 0.461 e. The molecule has 222 valence electrons. The van der Waals surface area contributed by atoms with Crippen LogP contribution in [-0.4, -0.2) is 72.9 Å². The van der Waals surface area contributed by atoms with E-state index in [0.29, 0.717) is 23.5 Å². The Balaban J connectivity index is 0.000000336. The molecule has 0 aliphatic heterocycles. The number of rotatable bonds is 11. The van der Waals surface area contributed by atoms with E-state index in [-0.39, 0.29) is 30.6 Å². The molecule has 2 heterocycles. The normalized spacial score (nSPS) is 18.2. The van der Waals surface area contributed by atoms with E-state index in [1.165, 1.54) is 13.3 Å². The Kier molecular flexibility index (Phi) is 11.7. The van der Waals surface area contributed by atoms with Gasteiger partial charge in [0.25, 0.3) is 6.35 Å². The third-order valence-corrected chi connectivity index (χ3v) is 7.97. The van der Waals surface area contributed by atoms with Crippen molar-refractivity contribution in [3.63, 3.8) is 0 Å². The maximum Gasteiger partial charge on any atom is 0.461 e. The summed E-state index contributed by atoms with van der Waals surface area (Å²) in [6.45, 7) is 7.09. The van der Waals surface area contributed by atoms with E-state index in [1.54, 1.807) is 24.7 Å². The van der Waals surface area contributed by atoms with Crippen LogP contribution in [0, 0.1) is 0 Å². The number of carbonyl (C=O) groups is 2. The minimum atomic E-state index is -1.95. The second kappa shape index (κ2) is 14.8. The van der Waals surface area contributed by atoms with Crippen LogP contribution in [0.3, 0.4) is 0 Å². The summed E-state index contributed by atoms with van der Waals surface area (Å²) >= 11 is 0. The highest BCUT2D eigenvalue weighted by atomic mass is 31.1. The molecule has 0 amide bonds. The van der Waals surface area contributed by atoms with Crippen molar-refractivity contribution in [2.24, 2.45) is 0 Å². The first-order valence-corrected chi connectivity index (χ1v) is 15.3. The Labute approximate surface area is 235 Å².